The topological polar surface area (TPSA) is 59.8 Å². The van der Waals surface area contributed by atoms with Gasteiger partial charge < -0.3 is 14.1 Å². The second-order valence-corrected chi connectivity index (χ2v) is 10.2. The highest BCUT2D eigenvalue weighted by molar-refractivity contribution is 9.11. The van der Waals surface area contributed by atoms with E-state index in [1.165, 1.54) is 0 Å². The summed E-state index contributed by atoms with van der Waals surface area (Å²) in [6, 6.07) is 10.9. The maximum Gasteiger partial charge on any atom is 0.349 e. The Morgan fingerprint density at radius 3 is 2.72 bits per heavy atom. The van der Waals surface area contributed by atoms with Gasteiger partial charge in [0.15, 0.2) is 5.58 Å². The van der Waals surface area contributed by atoms with Crippen molar-refractivity contribution in [3.63, 3.8) is 0 Å². The molecule has 1 aliphatic rings. The fourth-order valence-corrected chi connectivity index (χ4v) is 6.28. The summed E-state index contributed by atoms with van der Waals surface area (Å²) in [5.74, 6) is 1.11. The van der Waals surface area contributed by atoms with Crippen LogP contribution in [0.15, 0.2) is 59.0 Å². The predicted molar refractivity (Wildman–Crippen MR) is 125 cm³/mol. The lowest BCUT2D eigenvalue weighted by Gasteiger charge is -2.25. The van der Waals surface area contributed by atoms with Gasteiger partial charge in [-0.3, -0.25) is 4.79 Å². The van der Waals surface area contributed by atoms with Gasteiger partial charge in [-0.2, -0.15) is 0 Å². The molecule has 0 spiro atoms. The van der Waals surface area contributed by atoms with Gasteiger partial charge in [0.1, 0.15) is 16.7 Å². The number of ether oxygens (including phenoxy) is 1. The number of carbonyl (C=O) groups excluding carboxylic acids is 1. The first-order valence-corrected chi connectivity index (χ1v) is 12.0. The van der Waals surface area contributed by atoms with Gasteiger partial charge in [-0.25, -0.2) is 4.79 Å². The van der Waals surface area contributed by atoms with Crippen LogP contribution in [0.3, 0.4) is 0 Å². The summed E-state index contributed by atoms with van der Waals surface area (Å²) in [6.45, 7) is 0.531. The Hall–Kier alpha value is -1.29. The number of amides is 1. The Labute approximate surface area is 196 Å². The predicted octanol–water partition coefficient (Wildman–Crippen LogP) is 5.98. The van der Waals surface area contributed by atoms with Crippen LogP contribution < -0.4 is 10.4 Å². The second kappa shape index (κ2) is 8.45. The molecule has 2 heterocycles. The van der Waals surface area contributed by atoms with Crippen LogP contribution in [0.25, 0.3) is 11.0 Å². The molecule has 1 fully saturated rings. The number of methoxy groups -OCH3 is 1. The molecule has 1 saturated heterocycles. The van der Waals surface area contributed by atoms with E-state index in [1.807, 2.05) is 24.3 Å². The Morgan fingerprint density at radius 2 is 1.97 bits per heavy atom. The largest absolute Gasteiger partial charge is 0.496 e. The second-order valence-electron chi connectivity index (χ2n) is 6.36. The smallest absolute Gasteiger partial charge is 0.349 e. The first-order valence-electron chi connectivity index (χ1n) is 8.58. The van der Waals surface area contributed by atoms with Crippen molar-refractivity contribution in [2.24, 2.45) is 0 Å². The molecule has 3 aromatic rings. The van der Waals surface area contributed by atoms with Gasteiger partial charge in [0.2, 0.25) is 0 Å². The third-order valence-electron chi connectivity index (χ3n) is 4.59. The Bertz CT molecular complexity index is 1180. The van der Waals surface area contributed by atoms with E-state index in [-0.39, 0.29) is 16.8 Å². The average Bonchev–Trinajstić information content (AvgIpc) is 3.17. The minimum Gasteiger partial charge on any atom is -0.496 e. The quantitative estimate of drug-likeness (QED) is 0.345. The van der Waals surface area contributed by atoms with Crippen LogP contribution in [0.5, 0.6) is 5.75 Å². The van der Waals surface area contributed by atoms with Crippen LogP contribution in [0.4, 0.5) is 0 Å². The highest BCUT2D eigenvalue weighted by Gasteiger charge is 2.34. The SMILES string of the molecule is COc1ccc(Br)cc1C1SCCN1C(=O)c1cc2cc(Br)cc(Br)c2oc1=O. The lowest BCUT2D eigenvalue weighted by atomic mass is 10.1. The zero-order chi connectivity index (χ0) is 20.7. The monoisotopic (exact) mass is 601 g/mol. The van der Waals surface area contributed by atoms with Crippen molar-refractivity contribution in [3.05, 3.63) is 71.4 Å². The van der Waals surface area contributed by atoms with Crippen LogP contribution in [-0.2, 0) is 0 Å². The standard InChI is InChI=1S/C20H14Br3NO4S/c1-27-16-3-2-11(21)8-13(16)19-24(4-5-29-19)18(25)14-7-10-6-12(22)9-15(23)17(10)28-20(14)26/h2-3,6-9,19H,4-5H2,1H3. The number of carbonyl (C=O) groups is 1. The van der Waals surface area contributed by atoms with E-state index in [0.29, 0.717) is 27.7 Å². The molecule has 1 unspecified atom stereocenters. The lowest BCUT2D eigenvalue weighted by Crippen LogP contribution is -2.33. The minimum absolute atomic E-state index is 0.0176. The number of nitrogens with zero attached hydrogens (tertiary/aromatic N) is 1. The third kappa shape index (κ3) is 4.02. The maximum atomic E-state index is 13.3. The van der Waals surface area contributed by atoms with E-state index in [1.54, 1.807) is 35.9 Å². The van der Waals surface area contributed by atoms with Gasteiger partial charge in [-0.1, -0.05) is 31.9 Å². The van der Waals surface area contributed by atoms with Gasteiger partial charge in [-0.15, -0.1) is 11.8 Å². The molecule has 1 amide bonds. The number of benzene rings is 2. The van der Waals surface area contributed by atoms with Gasteiger partial charge in [-0.05, 0) is 52.3 Å². The summed E-state index contributed by atoms with van der Waals surface area (Å²) in [6.07, 6.45) is 0. The van der Waals surface area contributed by atoms with E-state index in [9.17, 15) is 9.59 Å². The summed E-state index contributed by atoms with van der Waals surface area (Å²) in [4.78, 5) is 27.6. The molecule has 0 N–H and O–H groups in total. The molecule has 0 aliphatic carbocycles. The number of hydrogen-bond donors (Lipinski definition) is 0. The highest BCUT2D eigenvalue weighted by atomic mass is 79.9. The molecule has 1 atom stereocenters. The average molecular weight is 604 g/mol. The molecular formula is C20H14Br3NO4S. The summed E-state index contributed by atoms with van der Waals surface area (Å²) in [7, 11) is 1.60. The number of hydrogen-bond acceptors (Lipinski definition) is 5. The van der Waals surface area contributed by atoms with Crippen LogP contribution in [0.2, 0.25) is 0 Å². The molecule has 9 heteroatoms. The fourth-order valence-electron chi connectivity index (χ4n) is 3.29. The maximum absolute atomic E-state index is 13.3. The summed E-state index contributed by atoms with van der Waals surface area (Å²) in [5.41, 5.74) is 0.662. The van der Waals surface area contributed by atoms with Crippen molar-refractivity contribution in [2.75, 3.05) is 19.4 Å². The Kier molecular flexibility index (Phi) is 6.11. The first-order chi connectivity index (χ1) is 13.9. The molecule has 0 radical (unpaired) electrons. The van der Waals surface area contributed by atoms with E-state index >= 15 is 0 Å². The molecule has 4 rings (SSSR count). The van der Waals surface area contributed by atoms with Crippen LogP contribution in [0, 0.1) is 0 Å². The normalized spacial score (nSPS) is 16.4. The molecule has 29 heavy (non-hydrogen) atoms. The number of rotatable bonds is 3. The van der Waals surface area contributed by atoms with Crippen molar-refractivity contribution in [1.29, 1.82) is 0 Å². The molecule has 0 saturated carbocycles. The van der Waals surface area contributed by atoms with E-state index in [0.717, 1.165) is 20.3 Å². The molecule has 2 aromatic carbocycles. The van der Waals surface area contributed by atoms with E-state index in [4.69, 9.17) is 9.15 Å². The highest BCUT2D eigenvalue weighted by Crippen LogP contribution is 2.43. The van der Waals surface area contributed by atoms with Crippen molar-refractivity contribution < 1.29 is 13.9 Å². The number of fused-ring (bicyclic) bond motifs is 1. The molecule has 150 valence electrons. The minimum atomic E-state index is -0.651. The fraction of sp³-hybridized carbons (Fsp3) is 0.200. The summed E-state index contributed by atoms with van der Waals surface area (Å²) in [5, 5.41) is 0.414. The molecule has 1 aromatic heterocycles. The number of halogens is 3. The third-order valence-corrected chi connectivity index (χ3v) is 7.37. The van der Waals surface area contributed by atoms with Crippen molar-refractivity contribution in [2.45, 2.75) is 5.37 Å². The van der Waals surface area contributed by atoms with Gasteiger partial charge in [0, 0.05) is 32.2 Å². The molecule has 1 aliphatic heterocycles. The van der Waals surface area contributed by atoms with E-state index < -0.39 is 5.63 Å². The van der Waals surface area contributed by atoms with Crippen LogP contribution >= 0.6 is 59.6 Å². The Balaban J connectivity index is 1.77. The summed E-state index contributed by atoms with van der Waals surface area (Å²) >= 11 is 11.9. The van der Waals surface area contributed by atoms with Crippen molar-refractivity contribution >= 4 is 76.4 Å². The van der Waals surface area contributed by atoms with Gasteiger partial charge in [0.25, 0.3) is 5.91 Å². The Morgan fingerprint density at radius 1 is 1.17 bits per heavy atom. The lowest BCUT2D eigenvalue weighted by molar-refractivity contribution is 0.0755. The van der Waals surface area contributed by atoms with Crippen molar-refractivity contribution in [3.8, 4) is 5.75 Å². The molecule has 0 bridgehead atoms. The number of thioether (sulfide) groups is 1. The van der Waals surface area contributed by atoms with Gasteiger partial charge in [0.05, 0.1) is 11.6 Å². The van der Waals surface area contributed by atoms with Crippen LogP contribution in [0.1, 0.15) is 21.3 Å². The van der Waals surface area contributed by atoms with Crippen molar-refractivity contribution in [1.82, 2.24) is 4.90 Å². The van der Waals surface area contributed by atoms with Gasteiger partial charge >= 0.3 is 5.63 Å². The van der Waals surface area contributed by atoms with Crippen LogP contribution in [-0.4, -0.2) is 30.2 Å². The molecule has 5 nitrogen and oxygen atoms in total. The zero-order valence-electron chi connectivity index (χ0n) is 15.1. The summed E-state index contributed by atoms with van der Waals surface area (Å²) < 4.78 is 13.3. The van der Waals surface area contributed by atoms with E-state index in [2.05, 4.69) is 47.8 Å². The zero-order valence-corrected chi connectivity index (χ0v) is 20.7. The first kappa shape index (κ1) is 21.0. The molecular weight excluding hydrogens is 590 g/mol.